The van der Waals surface area contributed by atoms with Gasteiger partial charge in [-0.15, -0.1) is 0 Å². The van der Waals surface area contributed by atoms with Gasteiger partial charge in [-0.1, -0.05) is 337 Å². The maximum Gasteiger partial charge on any atom is 0.361 e. The lowest BCUT2D eigenvalue weighted by Crippen LogP contribution is -2.40. The number of hydrogen-bond donors (Lipinski definition) is 1. The van der Waals surface area contributed by atoms with Crippen LogP contribution in [-0.4, -0.2) is 87.4 Å². The molecule has 0 saturated carbocycles. The number of likely N-dealkylation sites (N-methyl/N-ethyl adjacent to an activating group) is 1. The lowest BCUT2D eigenvalue weighted by Gasteiger charge is -2.25. The molecule has 9 heteroatoms. The number of nitrogens with zero attached hydrogens (tertiary/aromatic N) is 1. The second kappa shape index (κ2) is 67.7. The summed E-state index contributed by atoms with van der Waals surface area (Å²) < 4.78 is 23.0. The predicted molar refractivity (Wildman–Crippen MR) is 369 cm³/mol. The summed E-state index contributed by atoms with van der Waals surface area (Å²) >= 11 is 0. The third kappa shape index (κ3) is 68.2. The summed E-state index contributed by atoms with van der Waals surface area (Å²) in [4.78, 5) is 37.6. The Morgan fingerprint density at radius 3 is 0.988 bits per heavy atom. The Hall–Kier alpha value is -3.27. The van der Waals surface area contributed by atoms with Crippen LogP contribution in [0.5, 0.6) is 0 Å². The third-order valence-electron chi connectivity index (χ3n) is 16.2. The summed E-state index contributed by atoms with van der Waals surface area (Å²) in [6.07, 6.45) is 87.5. The van der Waals surface area contributed by atoms with Crippen molar-refractivity contribution in [1.29, 1.82) is 0 Å². The average molecular weight is 1210 g/mol. The number of carbonyl (C=O) groups is 3. The highest BCUT2D eigenvalue weighted by Crippen LogP contribution is 2.19. The Bertz CT molecular complexity index is 1640. The van der Waals surface area contributed by atoms with Gasteiger partial charge in [-0.2, -0.15) is 0 Å². The highest BCUT2D eigenvalue weighted by atomic mass is 16.7. The third-order valence-corrected chi connectivity index (χ3v) is 16.2. The zero-order valence-corrected chi connectivity index (χ0v) is 57.2. The maximum absolute atomic E-state index is 12.9. The zero-order chi connectivity index (χ0) is 62.6. The van der Waals surface area contributed by atoms with Crippen LogP contribution in [0.4, 0.5) is 0 Å². The molecule has 2 unspecified atom stereocenters. The van der Waals surface area contributed by atoms with Crippen molar-refractivity contribution in [2.45, 2.75) is 354 Å². The summed E-state index contributed by atoms with van der Waals surface area (Å²) in [7, 11) is 5.98. The van der Waals surface area contributed by atoms with Gasteiger partial charge in [0.2, 0.25) is 0 Å². The van der Waals surface area contributed by atoms with Crippen LogP contribution in [0, 0.1) is 0 Å². The Kier molecular flexibility index (Phi) is 65.1. The van der Waals surface area contributed by atoms with E-state index in [9.17, 15) is 19.5 Å². The highest BCUT2D eigenvalue weighted by Gasteiger charge is 2.25. The molecule has 0 rings (SSSR count). The number of unbranched alkanes of at least 4 members (excludes halogenated alkanes) is 41. The first-order chi connectivity index (χ1) is 42.1. The molecule has 0 aromatic rings. The Morgan fingerprint density at radius 2 is 0.663 bits per heavy atom. The van der Waals surface area contributed by atoms with Crippen molar-refractivity contribution in [1.82, 2.24) is 0 Å². The Labute approximate surface area is 532 Å². The van der Waals surface area contributed by atoms with E-state index >= 15 is 0 Å². The number of carbonyl (C=O) groups excluding carboxylic acids is 2. The first-order valence-corrected chi connectivity index (χ1v) is 36.6. The predicted octanol–water partition coefficient (Wildman–Crippen LogP) is 22.9. The van der Waals surface area contributed by atoms with E-state index in [1.807, 2.05) is 21.1 Å². The van der Waals surface area contributed by atoms with Crippen LogP contribution in [0.15, 0.2) is 72.9 Å². The van der Waals surface area contributed by atoms with Crippen molar-refractivity contribution in [3.8, 4) is 0 Å². The SMILES string of the molecule is CC/C=C\C/C=C\C/C=C\C/C=C\C/C=C\C/C=C\CCCCCCCCCCC(=O)OC(COC(=O)CCCCCCCCCCCCCCCCCCCCCCCCCCCCCCCCCCCC)COC(OCC[N+](C)(C)C)C(=O)O. The number of allylic oxidation sites excluding steroid dienone is 12. The normalized spacial score (nSPS) is 13.1. The minimum atomic E-state index is -1.52. The molecular weight excluding hydrogens is 1070 g/mol. The van der Waals surface area contributed by atoms with Crippen molar-refractivity contribution in [3.05, 3.63) is 72.9 Å². The van der Waals surface area contributed by atoms with Crippen LogP contribution in [-0.2, 0) is 33.3 Å². The number of hydrogen-bond acceptors (Lipinski definition) is 7. The highest BCUT2D eigenvalue weighted by molar-refractivity contribution is 5.71. The number of aliphatic carboxylic acids is 1. The average Bonchev–Trinajstić information content (AvgIpc) is 3.64. The smallest absolute Gasteiger partial charge is 0.361 e. The number of carboxylic acids is 1. The molecular formula is C77H140NO8+. The molecule has 0 aliphatic rings. The molecule has 9 nitrogen and oxygen atoms in total. The fraction of sp³-hybridized carbons (Fsp3) is 0.805. The van der Waals surface area contributed by atoms with Crippen LogP contribution < -0.4 is 0 Å². The summed E-state index contributed by atoms with van der Waals surface area (Å²) in [5, 5.41) is 9.75. The van der Waals surface area contributed by atoms with Gasteiger partial charge in [-0.3, -0.25) is 9.59 Å². The van der Waals surface area contributed by atoms with Crippen LogP contribution >= 0.6 is 0 Å². The van der Waals surface area contributed by atoms with E-state index in [1.165, 1.54) is 225 Å². The van der Waals surface area contributed by atoms with Crippen molar-refractivity contribution < 1.29 is 42.9 Å². The van der Waals surface area contributed by atoms with E-state index in [0.29, 0.717) is 23.9 Å². The summed E-state index contributed by atoms with van der Waals surface area (Å²) in [5.74, 6) is -2.00. The van der Waals surface area contributed by atoms with Crippen molar-refractivity contribution in [2.24, 2.45) is 0 Å². The topological polar surface area (TPSA) is 108 Å². The lowest BCUT2D eigenvalue weighted by molar-refractivity contribution is -0.870. The van der Waals surface area contributed by atoms with E-state index in [2.05, 4.69) is 86.8 Å². The molecule has 0 aliphatic heterocycles. The monoisotopic (exact) mass is 1210 g/mol. The number of rotatable bonds is 68. The molecule has 0 saturated heterocycles. The largest absolute Gasteiger partial charge is 0.477 e. The van der Waals surface area contributed by atoms with E-state index < -0.39 is 24.3 Å². The zero-order valence-electron chi connectivity index (χ0n) is 57.2. The molecule has 0 aromatic heterocycles. The van der Waals surface area contributed by atoms with Crippen molar-refractivity contribution >= 4 is 17.9 Å². The van der Waals surface area contributed by atoms with Gasteiger partial charge in [-0.05, 0) is 64.2 Å². The fourth-order valence-corrected chi connectivity index (χ4v) is 10.7. The van der Waals surface area contributed by atoms with Gasteiger partial charge < -0.3 is 28.5 Å². The lowest BCUT2D eigenvalue weighted by atomic mass is 10.0. The van der Waals surface area contributed by atoms with E-state index in [1.54, 1.807) is 0 Å². The molecule has 0 fully saturated rings. The van der Waals surface area contributed by atoms with Crippen LogP contribution in [0.25, 0.3) is 0 Å². The maximum atomic E-state index is 12.9. The van der Waals surface area contributed by atoms with Crippen LogP contribution in [0.3, 0.4) is 0 Å². The standard InChI is InChI=1S/C77H139NO8/c1-6-8-10-12-14-16-18-20-22-24-26-28-30-32-34-35-36-37-38-39-40-42-43-45-47-49-51-53-55-57-59-61-63-65-67-74(79)84-71-73(72-85-77(76(81)82)83-70-69-78(3,4)5)86-75(80)68-66-64-62-60-58-56-54-52-50-48-46-44-41-33-31-29-27-25-23-21-19-17-15-13-11-9-7-2/h9,11,15,17,21,23,27,29,33,41,46,48,73,77H,6-8,10,12-14,16,18-20,22,24-26,28,30-32,34-40,42-45,47,49-72H2,1-5H3/p+1/b11-9-,17-15-,23-21-,29-27-,41-33-,48-46-. The molecule has 0 radical (unpaired) electrons. The molecule has 500 valence electrons. The molecule has 2 atom stereocenters. The van der Waals surface area contributed by atoms with Crippen LogP contribution in [0.1, 0.15) is 341 Å². The quantitative estimate of drug-likeness (QED) is 0.0211. The van der Waals surface area contributed by atoms with Gasteiger partial charge in [0, 0.05) is 12.8 Å². The van der Waals surface area contributed by atoms with Crippen molar-refractivity contribution in [2.75, 3.05) is 47.5 Å². The molecule has 0 amide bonds. The molecule has 0 heterocycles. The van der Waals surface area contributed by atoms with Gasteiger partial charge in [0.25, 0.3) is 6.29 Å². The fourth-order valence-electron chi connectivity index (χ4n) is 10.7. The molecule has 1 N–H and O–H groups in total. The van der Waals surface area contributed by atoms with E-state index in [0.717, 1.165) is 83.5 Å². The second-order valence-electron chi connectivity index (χ2n) is 25.9. The van der Waals surface area contributed by atoms with Gasteiger partial charge in [0.1, 0.15) is 13.2 Å². The first-order valence-electron chi connectivity index (χ1n) is 36.6. The molecule has 0 aliphatic carbocycles. The minimum absolute atomic E-state index is 0.185. The Balaban J connectivity index is 4.06. The Morgan fingerprint density at radius 1 is 0.360 bits per heavy atom. The van der Waals surface area contributed by atoms with Gasteiger partial charge >= 0.3 is 17.9 Å². The van der Waals surface area contributed by atoms with Gasteiger partial charge in [0.05, 0.1) is 34.4 Å². The van der Waals surface area contributed by atoms with Gasteiger partial charge in [0.15, 0.2) is 6.10 Å². The first kappa shape index (κ1) is 82.7. The number of quaternary nitrogens is 1. The summed E-state index contributed by atoms with van der Waals surface area (Å²) in [5.41, 5.74) is 0. The molecule has 0 aromatic carbocycles. The summed E-state index contributed by atoms with van der Waals surface area (Å²) in [6, 6.07) is 0. The molecule has 0 spiro atoms. The number of ether oxygens (including phenoxy) is 4. The minimum Gasteiger partial charge on any atom is -0.477 e. The van der Waals surface area contributed by atoms with E-state index in [4.69, 9.17) is 18.9 Å². The van der Waals surface area contributed by atoms with Crippen molar-refractivity contribution in [3.63, 3.8) is 0 Å². The number of carboxylic acid groups (broad SMARTS) is 1. The van der Waals surface area contributed by atoms with E-state index in [-0.39, 0.29) is 32.2 Å². The van der Waals surface area contributed by atoms with Crippen LogP contribution in [0.2, 0.25) is 0 Å². The molecule has 86 heavy (non-hydrogen) atoms. The number of esters is 2. The molecule has 0 bridgehead atoms. The summed E-state index contributed by atoms with van der Waals surface area (Å²) in [6.45, 7) is 4.80. The second-order valence-corrected chi connectivity index (χ2v) is 25.9. The van der Waals surface area contributed by atoms with Gasteiger partial charge in [-0.25, -0.2) is 4.79 Å².